The maximum Gasteiger partial charge on any atom is 1.00 e. The molecule has 0 fully saturated rings. The third kappa shape index (κ3) is 7.34. The van der Waals surface area contributed by atoms with Gasteiger partial charge in [0, 0.05) is 18.0 Å². The smallest absolute Gasteiger partial charge is 0.548 e. The van der Waals surface area contributed by atoms with Crippen molar-refractivity contribution in [2.45, 2.75) is 19.4 Å². The van der Waals surface area contributed by atoms with Crippen molar-refractivity contribution in [3.8, 4) is 11.1 Å². The van der Waals surface area contributed by atoms with E-state index in [-0.39, 0.29) is 25.3 Å². The number of carbonyl (C=O) groups excluding carboxylic acids is 2. The van der Waals surface area contributed by atoms with Crippen LogP contribution in [-0.2, 0) is 4.79 Å². The minimum Gasteiger partial charge on any atom is -0.548 e. The predicted octanol–water partition coefficient (Wildman–Crippen LogP) is 1.08. The van der Waals surface area contributed by atoms with Gasteiger partial charge in [-0.1, -0.05) is 36.4 Å². The second kappa shape index (κ2) is 13.6. The van der Waals surface area contributed by atoms with Crippen molar-refractivity contribution in [3.63, 3.8) is 0 Å². The number of aryl methyl sites for hydroxylation is 1. The van der Waals surface area contributed by atoms with Gasteiger partial charge in [0.15, 0.2) is 5.70 Å². The molecule has 6 nitrogen and oxygen atoms in total. The van der Waals surface area contributed by atoms with Gasteiger partial charge in [-0.15, -0.1) is 0 Å². The fraction of sp³-hybridized carbons (Fsp3) is 0.185. The van der Waals surface area contributed by atoms with Gasteiger partial charge in [0.1, 0.15) is 0 Å². The summed E-state index contributed by atoms with van der Waals surface area (Å²) in [5, 5.41) is 14.2. The average Bonchev–Trinajstić information content (AvgIpc) is 2.85. The third-order valence-corrected chi connectivity index (χ3v) is 5.95. The topological polar surface area (TPSA) is 86.5 Å². The van der Waals surface area contributed by atoms with Crippen molar-refractivity contribution in [1.29, 1.82) is 0 Å². The van der Waals surface area contributed by atoms with Crippen LogP contribution in [0.3, 0.4) is 0 Å². The standard InChI is InChI=1S/C27H25N3O3S.Li/c1-18-7-4-5-9-21(18)23-15-19(16-25(28-2)20-8-6-13-29-17-20)10-11-22(23)26(31)30-24(27(32)33)12-14-34-3;/h4-11,13,15-17,24H,12,14H2,1,3H3,(H,30,31)(H,32,33);/q;+1/p-1/b25-16+;/t24-;/m0./s1. The molecule has 0 aliphatic rings. The van der Waals surface area contributed by atoms with Crippen LogP contribution in [0.2, 0.25) is 0 Å². The SMILES string of the molecule is [C-]#[N+]/C(=C/c1ccc(C(=O)N[C@@H](CCSC)C(=O)[O-])c(-c2ccccc2C)c1)c1cccnc1.[Li+]. The molecule has 1 amide bonds. The molecular weight excluding hydrogens is 453 g/mol. The molecule has 3 rings (SSSR count). The molecule has 3 aromatic rings. The Bertz CT molecular complexity index is 1260. The summed E-state index contributed by atoms with van der Waals surface area (Å²) in [6, 6.07) is 15.4. The number of aromatic nitrogens is 1. The number of nitrogens with one attached hydrogen (secondary N) is 1. The van der Waals surface area contributed by atoms with E-state index >= 15 is 0 Å². The van der Waals surface area contributed by atoms with E-state index in [4.69, 9.17) is 6.57 Å². The summed E-state index contributed by atoms with van der Waals surface area (Å²) in [5.41, 5.74) is 4.69. The zero-order chi connectivity index (χ0) is 24.5. The minimum atomic E-state index is -1.31. The molecule has 8 heteroatoms. The van der Waals surface area contributed by atoms with Gasteiger partial charge in [0.25, 0.3) is 5.91 Å². The first-order valence-corrected chi connectivity index (χ1v) is 12.0. The van der Waals surface area contributed by atoms with E-state index in [0.717, 1.165) is 16.7 Å². The number of thioether (sulfide) groups is 1. The number of nitrogens with zero attached hydrogens (tertiary/aromatic N) is 2. The number of hydrogen-bond acceptors (Lipinski definition) is 5. The molecule has 1 N–H and O–H groups in total. The number of rotatable bonds is 9. The summed E-state index contributed by atoms with van der Waals surface area (Å²) >= 11 is 1.50. The van der Waals surface area contributed by atoms with Gasteiger partial charge in [-0.05, 0) is 77.4 Å². The van der Waals surface area contributed by atoms with Crippen LogP contribution >= 0.6 is 11.8 Å². The molecule has 0 aliphatic heterocycles. The first-order valence-electron chi connectivity index (χ1n) is 10.6. The van der Waals surface area contributed by atoms with Gasteiger partial charge < -0.3 is 15.2 Å². The molecular formula is C27H24LiN3O3S. The first kappa shape index (κ1) is 27.9. The summed E-state index contributed by atoms with van der Waals surface area (Å²) in [4.78, 5) is 32.4. The molecule has 1 heterocycles. The molecule has 2 aromatic carbocycles. The molecule has 0 unspecified atom stereocenters. The molecule has 1 atom stereocenters. The molecule has 0 radical (unpaired) electrons. The quantitative estimate of drug-likeness (QED) is 0.368. The van der Waals surface area contributed by atoms with E-state index in [1.807, 2.05) is 49.6 Å². The molecule has 0 aliphatic carbocycles. The van der Waals surface area contributed by atoms with E-state index in [9.17, 15) is 14.7 Å². The van der Waals surface area contributed by atoms with Gasteiger partial charge >= 0.3 is 18.9 Å². The van der Waals surface area contributed by atoms with Gasteiger partial charge in [0.2, 0.25) is 0 Å². The van der Waals surface area contributed by atoms with Crippen molar-refractivity contribution < 1.29 is 33.6 Å². The number of pyridine rings is 1. The van der Waals surface area contributed by atoms with E-state index in [0.29, 0.717) is 28.1 Å². The zero-order valence-corrected chi connectivity index (χ0v) is 20.8. The number of amides is 1. The maximum atomic E-state index is 13.2. The number of carbonyl (C=O) groups is 2. The number of carboxylic acids is 1. The van der Waals surface area contributed by atoms with Crippen LogP contribution in [0.25, 0.3) is 27.7 Å². The second-order valence-electron chi connectivity index (χ2n) is 7.63. The fourth-order valence-corrected chi connectivity index (χ4v) is 3.99. The van der Waals surface area contributed by atoms with E-state index < -0.39 is 17.9 Å². The van der Waals surface area contributed by atoms with E-state index in [2.05, 4.69) is 15.1 Å². The van der Waals surface area contributed by atoms with Crippen molar-refractivity contribution >= 4 is 35.4 Å². The van der Waals surface area contributed by atoms with Crippen molar-refractivity contribution in [3.05, 3.63) is 101 Å². The minimum absolute atomic E-state index is 0. The van der Waals surface area contributed by atoms with Gasteiger partial charge in [-0.3, -0.25) is 9.78 Å². The Balaban J connectivity index is 0.00000432. The number of aliphatic carboxylic acids is 1. The van der Waals surface area contributed by atoms with Crippen LogP contribution in [0.5, 0.6) is 0 Å². The van der Waals surface area contributed by atoms with Crippen LogP contribution in [0, 0.1) is 13.5 Å². The van der Waals surface area contributed by atoms with Crippen molar-refractivity contribution in [1.82, 2.24) is 10.3 Å². The van der Waals surface area contributed by atoms with Crippen LogP contribution in [0.4, 0.5) is 0 Å². The predicted molar refractivity (Wildman–Crippen MR) is 135 cm³/mol. The molecule has 0 spiro atoms. The Morgan fingerprint density at radius 1 is 1.17 bits per heavy atom. The van der Waals surface area contributed by atoms with Gasteiger partial charge in [-0.2, -0.15) is 11.8 Å². The van der Waals surface area contributed by atoms with Gasteiger partial charge in [-0.25, -0.2) is 4.85 Å². The summed E-state index contributed by atoms with van der Waals surface area (Å²) in [5.74, 6) is -1.21. The Morgan fingerprint density at radius 3 is 2.57 bits per heavy atom. The maximum absolute atomic E-state index is 13.2. The molecule has 0 bridgehead atoms. The van der Waals surface area contributed by atoms with Crippen LogP contribution in [0.1, 0.15) is 33.5 Å². The number of carboxylic acid groups (broad SMARTS) is 1. The number of benzene rings is 2. The Morgan fingerprint density at radius 2 is 1.94 bits per heavy atom. The summed E-state index contributed by atoms with van der Waals surface area (Å²) in [7, 11) is 0. The monoisotopic (exact) mass is 477 g/mol. The normalized spacial score (nSPS) is 11.6. The van der Waals surface area contributed by atoms with Gasteiger partial charge in [0.05, 0.1) is 18.6 Å². The molecule has 35 heavy (non-hydrogen) atoms. The summed E-state index contributed by atoms with van der Waals surface area (Å²) in [6.07, 6.45) is 7.17. The van der Waals surface area contributed by atoms with Crippen molar-refractivity contribution in [2.75, 3.05) is 12.0 Å². The third-order valence-electron chi connectivity index (χ3n) is 5.31. The van der Waals surface area contributed by atoms with E-state index in [1.165, 1.54) is 11.8 Å². The Hall–Kier alpha value is -3.29. The summed E-state index contributed by atoms with van der Waals surface area (Å²) < 4.78 is 0. The summed E-state index contributed by atoms with van der Waals surface area (Å²) in [6.45, 7) is 9.53. The largest absolute Gasteiger partial charge is 1.00 e. The molecule has 0 saturated heterocycles. The zero-order valence-electron chi connectivity index (χ0n) is 19.9. The average molecular weight is 478 g/mol. The molecule has 172 valence electrons. The van der Waals surface area contributed by atoms with Crippen molar-refractivity contribution in [2.24, 2.45) is 0 Å². The fourth-order valence-electron chi connectivity index (χ4n) is 3.52. The Labute approximate surface area is 221 Å². The van der Waals surface area contributed by atoms with Crippen LogP contribution < -0.4 is 29.3 Å². The molecule has 1 aromatic heterocycles. The second-order valence-corrected chi connectivity index (χ2v) is 8.62. The first-order chi connectivity index (χ1) is 16.4. The number of hydrogen-bond donors (Lipinski definition) is 1. The Kier molecular flexibility index (Phi) is 10.8. The van der Waals surface area contributed by atoms with E-state index in [1.54, 1.807) is 36.7 Å². The van der Waals surface area contributed by atoms with Crippen LogP contribution in [0.15, 0.2) is 67.0 Å². The van der Waals surface area contributed by atoms with Crippen LogP contribution in [-0.4, -0.2) is 34.9 Å². The molecule has 0 saturated carbocycles.